The molecule has 3 nitrogen and oxygen atoms in total. The molecule has 0 saturated carbocycles. The van der Waals surface area contributed by atoms with Crippen molar-refractivity contribution in [2.75, 3.05) is 19.6 Å². The molecular weight excluding hydrogens is 308 g/mol. The number of rotatable bonds is 9. The number of benzene rings is 1. The summed E-state index contributed by atoms with van der Waals surface area (Å²) in [4.78, 5) is 13.6. The summed E-state index contributed by atoms with van der Waals surface area (Å²) >= 11 is 0. The van der Waals surface area contributed by atoms with E-state index < -0.39 is 0 Å². The molecule has 1 aliphatic rings. The van der Waals surface area contributed by atoms with Gasteiger partial charge in [0.25, 0.3) is 0 Å². The van der Waals surface area contributed by atoms with E-state index in [4.69, 9.17) is 0 Å². The third kappa shape index (κ3) is 4.72. The largest absolute Gasteiger partial charge is 0.347 e. The lowest BCUT2D eigenvalue weighted by molar-refractivity contribution is -0.107. The Morgan fingerprint density at radius 2 is 1.92 bits per heavy atom. The summed E-state index contributed by atoms with van der Waals surface area (Å²) in [6.45, 7) is 7.07. The van der Waals surface area contributed by atoms with E-state index in [9.17, 15) is 4.79 Å². The van der Waals surface area contributed by atoms with Gasteiger partial charge in [-0.1, -0.05) is 44.4 Å². The highest BCUT2D eigenvalue weighted by molar-refractivity contribution is 5.85. The highest BCUT2D eigenvalue weighted by Gasteiger charge is 2.18. The minimum absolute atomic E-state index is 0.513. The topological polar surface area (TPSA) is 25.2 Å². The second-order valence-corrected chi connectivity index (χ2v) is 7.52. The predicted molar refractivity (Wildman–Crippen MR) is 105 cm³/mol. The number of aromatic nitrogens is 1. The minimum Gasteiger partial charge on any atom is -0.347 e. The van der Waals surface area contributed by atoms with Crippen LogP contribution in [-0.2, 0) is 17.8 Å². The number of unbranched alkanes of at least 4 members (excludes halogenated alkanes) is 1. The standard InChI is InChI=1S/C22H32N2O/c1-2-3-7-19-10-15-23(16-11-19)13-6-14-24-18-20(12-17-25)21-8-4-5-9-22(21)24/h4-5,8-9,17-19H,2-3,6-7,10-16H2,1H3. The van der Waals surface area contributed by atoms with Gasteiger partial charge in [0.15, 0.2) is 0 Å². The summed E-state index contributed by atoms with van der Waals surface area (Å²) < 4.78 is 2.34. The summed E-state index contributed by atoms with van der Waals surface area (Å²) in [5, 5.41) is 1.23. The highest BCUT2D eigenvalue weighted by Crippen LogP contribution is 2.24. The van der Waals surface area contributed by atoms with Crippen LogP contribution in [0.15, 0.2) is 30.5 Å². The van der Waals surface area contributed by atoms with Gasteiger partial charge in [-0.3, -0.25) is 0 Å². The van der Waals surface area contributed by atoms with Crippen LogP contribution in [0.1, 0.15) is 51.0 Å². The van der Waals surface area contributed by atoms with Crippen molar-refractivity contribution in [1.82, 2.24) is 9.47 Å². The monoisotopic (exact) mass is 340 g/mol. The first kappa shape index (κ1) is 18.2. The molecule has 1 aromatic carbocycles. The molecule has 0 N–H and O–H groups in total. The predicted octanol–water partition coefficient (Wildman–Crippen LogP) is 4.68. The van der Waals surface area contributed by atoms with Crippen molar-refractivity contribution in [1.29, 1.82) is 0 Å². The smallest absolute Gasteiger partial charge is 0.124 e. The second-order valence-electron chi connectivity index (χ2n) is 7.52. The van der Waals surface area contributed by atoms with Crippen molar-refractivity contribution in [3.05, 3.63) is 36.0 Å². The zero-order valence-electron chi connectivity index (χ0n) is 15.6. The quantitative estimate of drug-likeness (QED) is 0.620. The fraction of sp³-hybridized carbons (Fsp3) is 0.591. The molecule has 3 heteroatoms. The van der Waals surface area contributed by atoms with Crippen LogP contribution in [0.25, 0.3) is 10.9 Å². The van der Waals surface area contributed by atoms with Gasteiger partial charge in [0.1, 0.15) is 6.29 Å². The maximum atomic E-state index is 10.9. The average molecular weight is 341 g/mol. The molecule has 0 spiro atoms. The molecule has 0 bridgehead atoms. The van der Waals surface area contributed by atoms with Gasteiger partial charge in [-0.2, -0.15) is 0 Å². The zero-order valence-corrected chi connectivity index (χ0v) is 15.6. The highest BCUT2D eigenvalue weighted by atomic mass is 16.1. The van der Waals surface area contributed by atoms with Gasteiger partial charge in [-0.05, 0) is 56.4 Å². The molecular formula is C22H32N2O. The number of aldehydes is 1. The van der Waals surface area contributed by atoms with Gasteiger partial charge in [0.05, 0.1) is 0 Å². The van der Waals surface area contributed by atoms with Crippen LogP contribution in [0.4, 0.5) is 0 Å². The number of carbonyl (C=O) groups is 1. The Bertz CT molecular complexity index is 668. The number of hydrogen-bond donors (Lipinski definition) is 0. The minimum atomic E-state index is 0.513. The van der Waals surface area contributed by atoms with Crippen molar-refractivity contribution in [2.45, 2.75) is 58.4 Å². The maximum Gasteiger partial charge on any atom is 0.124 e. The van der Waals surface area contributed by atoms with Crippen LogP contribution in [0.5, 0.6) is 0 Å². The van der Waals surface area contributed by atoms with Crippen molar-refractivity contribution >= 4 is 17.2 Å². The first-order valence-corrected chi connectivity index (χ1v) is 10.0. The molecule has 3 rings (SSSR count). The Hall–Kier alpha value is -1.61. The van der Waals surface area contributed by atoms with Gasteiger partial charge >= 0.3 is 0 Å². The molecule has 0 atom stereocenters. The molecule has 2 heterocycles. The van der Waals surface area contributed by atoms with E-state index in [1.807, 2.05) is 0 Å². The van der Waals surface area contributed by atoms with Gasteiger partial charge in [-0.15, -0.1) is 0 Å². The molecule has 0 amide bonds. The van der Waals surface area contributed by atoms with Crippen molar-refractivity contribution < 1.29 is 4.79 Å². The lowest BCUT2D eigenvalue weighted by Gasteiger charge is -2.32. The Kier molecular flexibility index (Phi) is 6.69. The van der Waals surface area contributed by atoms with Gasteiger partial charge in [-0.25, -0.2) is 0 Å². The molecule has 25 heavy (non-hydrogen) atoms. The van der Waals surface area contributed by atoms with Crippen molar-refractivity contribution in [2.24, 2.45) is 5.92 Å². The normalized spacial score (nSPS) is 16.5. The number of hydrogen-bond acceptors (Lipinski definition) is 2. The van der Waals surface area contributed by atoms with E-state index in [0.717, 1.165) is 24.3 Å². The Morgan fingerprint density at radius 1 is 1.12 bits per heavy atom. The van der Waals surface area contributed by atoms with Crippen LogP contribution < -0.4 is 0 Å². The maximum absolute atomic E-state index is 10.9. The lowest BCUT2D eigenvalue weighted by atomic mass is 9.91. The first-order valence-electron chi connectivity index (χ1n) is 10.0. The van der Waals surface area contributed by atoms with E-state index in [1.54, 1.807) is 0 Å². The van der Waals surface area contributed by atoms with E-state index in [1.165, 1.54) is 69.1 Å². The Balaban J connectivity index is 1.50. The van der Waals surface area contributed by atoms with Gasteiger partial charge < -0.3 is 14.3 Å². The number of para-hydroxylation sites is 1. The molecule has 1 fully saturated rings. The summed E-state index contributed by atoms with van der Waals surface area (Å²) in [6.07, 6.45) is 11.8. The van der Waals surface area contributed by atoms with Crippen LogP contribution in [0, 0.1) is 5.92 Å². The molecule has 136 valence electrons. The Labute approximate surface area is 152 Å². The molecule has 1 aliphatic heterocycles. The fourth-order valence-electron chi connectivity index (χ4n) is 4.22. The summed E-state index contributed by atoms with van der Waals surface area (Å²) in [5.74, 6) is 0.968. The summed E-state index contributed by atoms with van der Waals surface area (Å²) in [7, 11) is 0. The van der Waals surface area contributed by atoms with Crippen molar-refractivity contribution in [3.8, 4) is 0 Å². The third-order valence-corrected chi connectivity index (χ3v) is 5.72. The number of piperidine rings is 1. The number of likely N-dealkylation sites (tertiary alicyclic amines) is 1. The fourth-order valence-corrected chi connectivity index (χ4v) is 4.22. The SMILES string of the molecule is CCCCC1CCN(CCCn2cc(CC=O)c3ccccc32)CC1. The molecule has 0 unspecified atom stereocenters. The lowest BCUT2D eigenvalue weighted by Crippen LogP contribution is -2.34. The molecule has 0 radical (unpaired) electrons. The van der Waals surface area contributed by atoms with Crippen LogP contribution in [-0.4, -0.2) is 35.4 Å². The second kappa shape index (κ2) is 9.19. The van der Waals surface area contributed by atoms with E-state index in [0.29, 0.717) is 6.42 Å². The summed E-state index contributed by atoms with van der Waals surface area (Å²) in [6, 6.07) is 8.45. The van der Waals surface area contributed by atoms with Gasteiger partial charge in [0, 0.05) is 30.1 Å². The molecule has 0 aliphatic carbocycles. The Morgan fingerprint density at radius 3 is 2.68 bits per heavy atom. The summed E-state index contributed by atoms with van der Waals surface area (Å²) in [5.41, 5.74) is 2.42. The average Bonchev–Trinajstić information content (AvgIpc) is 2.99. The number of aryl methyl sites for hydroxylation is 1. The molecule has 1 saturated heterocycles. The van der Waals surface area contributed by atoms with E-state index >= 15 is 0 Å². The van der Waals surface area contributed by atoms with Crippen LogP contribution in [0.3, 0.4) is 0 Å². The van der Waals surface area contributed by atoms with E-state index in [-0.39, 0.29) is 0 Å². The number of carbonyl (C=O) groups excluding carboxylic acids is 1. The zero-order chi connectivity index (χ0) is 17.5. The van der Waals surface area contributed by atoms with E-state index in [2.05, 4.69) is 46.9 Å². The number of nitrogens with zero attached hydrogens (tertiary/aromatic N) is 2. The van der Waals surface area contributed by atoms with Crippen LogP contribution in [0.2, 0.25) is 0 Å². The van der Waals surface area contributed by atoms with Crippen molar-refractivity contribution in [3.63, 3.8) is 0 Å². The van der Waals surface area contributed by atoms with Gasteiger partial charge in [0.2, 0.25) is 0 Å². The third-order valence-electron chi connectivity index (χ3n) is 5.72. The first-order chi connectivity index (χ1) is 12.3. The molecule has 1 aromatic heterocycles. The van der Waals surface area contributed by atoms with Crippen LogP contribution >= 0.6 is 0 Å². The molecule has 2 aromatic rings. The number of fused-ring (bicyclic) bond motifs is 1.